The van der Waals surface area contributed by atoms with Crippen molar-refractivity contribution in [2.24, 2.45) is 0 Å². The van der Waals surface area contributed by atoms with Crippen molar-refractivity contribution < 1.29 is 9.47 Å². The van der Waals surface area contributed by atoms with E-state index in [1.54, 1.807) is 7.11 Å². The fraction of sp³-hybridized carbons (Fsp3) is 0.636. The van der Waals surface area contributed by atoms with Crippen molar-refractivity contribution >= 4 is 0 Å². The first-order chi connectivity index (χ1) is 7.88. The normalized spacial score (nSPS) is 23.4. The molecule has 3 heterocycles. The second-order valence-electron chi connectivity index (χ2n) is 4.20. The Hall–Kier alpha value is -1.20. The number of nitrogens with zero attached hydrogens (tertiary/aromatic N) is 2. The van der Waals surface area contributed by atoms with Gasteiger partial charge in [-0.1, -0.05) is 0 Å². The van der Waals surface area contributed by atoms with E-state index in [0.717, 1.165) is 36.6 Å². The molecule has 2 aliphatic rings. The van der Waals surface area contributed by atoms with E-state index in [9.17, 15) is 0 Å². The highest BCUT2D eigenvalue weighted by atomic mass is 16.5. The Labute approximate surface area is 94.2 Å². The molecular formula is C11H15N3O2. The Morgan fingerprint density at radius 1 is 1.38 bits per heavy atom. The summed E-state index contributed by atoms with van der Waals surface area (Å²) in [6, 6.07) is 0. The summed E-state index contributed by atoms with van der Waals surface area (Å²) in [5.74, 6) is 2.00. The molecule has 1 fully saturated rings. The number of hydrogen-bond donors (Lipinski definition) is 1. The summed E-state index contributed by atoms with van der Waals surface area (Å²) in [7, 11) is 1.65. The Morgan fingerprint density at radius 2 is 2.31 bits per heavy atom. The molecule has 3 rings (SSSR count). The highest BCUT2D eigenvalue weighted by Crippen LogP contribution is 2.29. The summed E-state index contributed by atoms with van der Waals surface area (Å²) >= 11 is 0. The molecule has 2 aliphatic heterocycles. The van der Waals surface area contributed by atoms with E-state index < -0.39 is 0 Å². The third-order valence-corrected chi connectivity index (χ3v) is 3.18. The van der Waals surface area contributed by atoms with Crippen LogP contribution in [0.3, 0.4) is 0 Å². The van der Waals surface area contributed by atoms with E-state index in [0.29, 0.717) is 25.0 Å². The minimum Gasteiger partial charge on any atom is -0.481 e. The number of aromatic nitrogens is 2. The Morgan fingerprint density at radius 3 is 3.06 bits per heavy atom. The molecule has 0 bridgehead atoms. The average molecular weight is 221 g/mol. The third-order valence-electron chi connectivity index (χ3n) is 3.18. The van der Waals surface area contributed by atoms with Crippen LogP contribution in [0.15, 0.2) is 0 Å². The van der Waals surface area contributed by atoms with Crippen molar-refractivity contribution in [3.8, 4) is 5.88 Å². The maximum Gasteiger partial charge on any atom is 0.222 e. The summed E-state index contributed by atoms with van der Waals surface area (Å²) in [4.78, 5) is 9.08. The molecule has 1 aromatic rings. The van der Waals surface area contributed by atoms with E-state index in [1.165, 1.54) is 0 Å². The highest BCUT2D eigenvalue weighted by Gasteiger charge is 2.25. The van der Waals surface area contributed by atoms with Gasteiger partial charge in [0.1, 0.15) is 5.82 Å². The molecule has 0 aliphatic carbocycles. The van der Waals surface area contributed by atoms with Crippen molar-refractivity contribution in [2.75, 3.05) is 20.2 Å². The molecule has 0 spiro atoms. The lowest BCUT2D eigenvalue weighted by atomic mass is 10.1. The predicted octanol–water partition coefficient (Wildman–Crippen LogP) is 0.592. The van der Waals surface area contributed by atoms with Gasteiger partial charge in [0.25, 0.3) is 0 Å². The summed E-state index contributed by atoms with van der Waals surface area (Å²) in [5.41, 5.74) is 2.01. The second kappa shape index (κ2) is 3.99. The minimum absolute atomic E-state index is 0.416. The average Bonchev–Trinajstić information content (AvgIpc) is 2.97. The third kappa shape index (κ3) is 1.56. The summed E-state index contributed by atoms with van der Waals surface area (Å²) < 4.78 is 10.7. The molecule has 16 heavy (non-hydrogen) atoms. The van der Waals surface area contributed by atoms with Gasteiger partial charge >= 0.3 is 0 Å². The molecule has 5 heteroatoms. The minimum atomic E-state index is 0.416. The molecule has 1 atom stereocenters. The standard InChI is InChI=1S/C11H15N3O2/c1-15-11-8-5-16-6-9(8)13-10(14-11)7-2-3-12-4-7/h7,12H,2-6H2,1H3. The van der Waals surface area contributed by atoms with Crippen LogP contribution in [0.2, 0.25) is 0 Å². The van der Waals surface area contributed by atoms with E-state index in [4.69, 9.17) is 9.47 Å². The van der Waals surface area contributed by atoms with Crippen LogP contribution in [0.5, 0.6) is 5.88 Å². The summed E-state index contributed by atoms with van der Waals surface area (Å²) in [6.07, 6.45) is 1.10. The van der Waals surface area contributed by atoms with Gasteiger partial charge in [0.05, 0.1) is 31.6 Å². The van der Waals surface area contributed by atoms with Crippen LogP contribution >= 0.6 is 0 Å². The zero-order valence-electron chi connectivity index (χ0n) is 9.32. The van der Waals surface area contributed by atoms with Crippen molar-refractivity contribution in [3.63, 3.8) is 0 Å². The second-order valence-corrected chi connectivity index (χ2v) is 4.20. The van der Waals surface area contributed by atoms with Crippen LogP contribution in [-0.4, -0.2) is 30.2 Å². The van der Waals surface area contributed by atoms with Crippen molar-refractivity contribution in [1.82, 2.24) is 15.3 Å². The summed E-state index contributed by atoms with van der Waals surface area (Å²) in [5, 5.41) is 3.32. The number of hydrogen-bond acceptors (Lipinski definition) is 5. The number of fused-ring (bicyclic) bond motifs is 1. The van der Waals surface area contributed by atoms with Crippen molar-refractivity contribution in [1.29, 1.82) is 0 Å². The fourth-order valence-electron chi connectivity index (χ4n) is 2.27. The Balaban J connectivity index is 2.00. The largest absolute Gasteiger partial charge is 0.481 e. The highest BCUT2D eigenvalue weighted by molar-refractivity contribution is 5.33. The lowest BCUT2D eigenvalue weighted by Crippen LogP contribution is -2.12. The zero-order chi connectivity index (χ0) is 11.0. The van der Waals surface area contributed by atoms with Gasteiger partial charge in [0.15, 0.2) is 0 Å². The number of methoxy groups -OCH3 is 1. The molecule has 1 saturated heterocycles. The topological polar surface area (TPSA) is 56.3 Å². The monoisotopic (exact) mass is 221 g/mol. The first-order valence-electron chi connectivity index (χ1n) is 5.60. The van der Waals surface area contributed by atoms with Gasteiger partial charge in [0, 0.05) is 12.5 Å². The smallest absolute Gasteiger partial charge is 0.222 e. The van der Waals surface area contributed by atoms with E-state index >= 15 is 0 Å². The van der Waals surface area contributed by atoms with Gasteiger partial charge in [0.2, 0.25) is 5.88 Å². The Bertz CT molecular complexity index is 402. The molecular weight excluding hydrogens is 206 g/mol. The zero-order valence-corrected chi connectivity index (χ0v) is 9.32. The maximum atomic E-state index is 5.38. The van der Waals surface area contributed by atoms with Crippen LogP contribution in [0.4, 0.5) is 0 Å². The number of ether oxygens (including phenoxy) is 2. The van der Waals surface area contributed by atoms with Crippen LogP contribution in [0.25, 0.3) is 0 Å². The number of rotatable bonds is 2. The first-order valence-corrected chi connectivity index (χ1v) is 5.60. The van der Waals surface area contributed by atoms with Gasteiger partial charge < -0.3 is 14.8 Å². The van der Waals surface area contributed by atoms with Gasteiger partial charge in [-0.15, -0.1) is 0 Å². The van der Waals surface area contributed by atoms with Crippen molar-refractivity contribution in [3.05, 3.63) is 17.1 Å². The van der Waals surface area contributed by atoms with E-state index in [-0.39, 0.29) is 0 Å². The molecule has 5 nitrogen and oxygen atoms in total. The van der Waals surface area contributed by atoms with Gasteiger partial charge in [-0.2, -0.15) is 4.98 Å². The first kappa shape index (κ1) is 9.99. The van der Waals surface area contributed by atoms with E-state index in [2.05, 4.69) is 15.3 Å². The van der Waals surface area contributed by atoms with Crippen molar-refractivity contribution in [2.45, 2.75) is 25.6 Å². The van der Waals surface area contributed by atoms with Crippen LogP contribution in [0, 0.1) is 0 Å². The predicted molar refractivity (Wildman–Crippen MR) is 57.3 cm³/mol. The molecule has 1 N–H and O–H groups in total. The number of nitrogens with one attached hydrogen (secondary N) is 1. The molecule has 0 aromatic carbocycles. The maximum absolute atomic E-state index is 5.38. The van der Waals surface area contributed by atoms with Gasteiger partial charge in [-0.25, -0.2) is 4.98 Å². The molecule has 0 amide bonds. The van der Waals surface area contributed by atoms with Gasteiger partial charge in [-0.3, -0.25) is 0 Å². The summed E-state index contributed by atoms with van der Waals surface area (Å²) in [6.45, 7) is 3.16. The lowest BCUT2D eigenvalue weighted by Gasteiger charge is -2.11. The molecule has 86 valence electrons. The van der Waals surface area contributed by atoms with E-state index in [1.807, 2.05) is 0 Å². The quantitative estimate of drug-likeness (QED) is 0.792. The van der Waals surface area contributed by atoms with Crippen LogP contribution in [0.1, 0.15) is 29.4 Å². The molecule has 0 radical (unpaired) electrons. The molecule has 1 aromatic heterocycles. The molecule has 1 unspecified atom stereocenters. The van der Waals surface area contributed by atoms with Gasteiger partial charge in [-0.05, 0) is 13.0 Å². The molecule has 0 saturated carbocycles. The SMILES string of the molecule is COc1nc(C2CCNC2)nc2c1COC2. The Kier molecular flexibility index (Phi) is 2.49. The van der Waals surface area contributed by atoms with Crippen LogP contribution in [-0.2, 0) is 18.0 Å². The lowest BCUT2D eigenvalue weighted by molar-refractivity contribution is 0.132. The van der Waals surface area contributed by atoms with Crippen LogP contribution < -0.4 is 10.1 Å². The fourth-order valence-corrected chi connectivity index (χ4v) is 2.27.